The monoisotopic (exact) mass is 266 g/mol. The van der Waals surface area contributed by atoms with Gasteiger partial charge in [-0.1, -0.05) is 31.5 Å². The lowest BCUT2D eigenvalue weighted by atomic mass is 9.85. The minimum absolute atomic E-state index is 0.223. The first-order valence-electron chi connectivity index (χ1n) is 6.35. The number of hydrogen-bond acceptors (Lipinski definition) is 2. The maximum Gasteiger partial charge on any atom is 0.222 e. The van der Waals surface area contributed by atoms with E-state index in [4.69, 9.17) is 11.6 Å². The molecule has 1 aliphatic heterocycles. The van der Waals surface area contributed by atoms with E-state index in [1.54, 1.807) is 6.20 Å². The number of amides is 1. The van der Waals surface area contributed by atoms with Crippen molar-refractivity contribution in [3.05, 3.63) is 29.0 Å². The summed E-state index contributed by atoms with van der Waals surface area (Å²) >= 11 is 6.04. The summed E-state index contributed by atoms with van der Waals surface area (Å²) in [5, 5.41) is 0.494. The predicted octanol–water partition coefficient (Wildman–Crippen LogP) is 3.27. The second-order valence-corrected chi connectivity index (χ2v) is 6.04. The van der Waals surface area contributed by atoms with Crippen LogP contribution in [0.25, 0.3) is 0 Å². The van der Waals surface area contributed by atoms with Gasteiger partial charge in [-0.15, -0.1) is 0 Å². The molecule has 0 bridgehead atoms. The van der Waals surface area contributed by atoms with Crippen molar-refractivity contribution >= 4 is 17.5 Å². The van der Waals surface area contributed by atoms with Gasteiger partial charge in [-0.25, -0.2) is 4.98 Å². The SMILES string of the molecule is CC1(C)CCC(=O)N(Cc2cccnc2Cl)CC1. The van der Waals surface area contributed by atoms with Crippen molar-refractivity contribution < 1.29 is 4.79 Å². The highest BCUT2D eigenvalue weighted by Crippen LogP contribution is 2.31. The van der Waals surface area contributed by atoms with E-state index in [0.29, 0.717) is 18.1 Å². The molecule has 0 atom stereocenters. The van der Waals surface area contributed by atoms with Gasteiger partial charge in [0.1, 0.15) is 5.15 Å². The minimum atomic E-state index is 0.223. The molecule has 3 nitrogen and oxygen atoms in total. The predicted molar refractivity (Wildman–Crippen MR) is 72.3 cm³/mol. The fourth-order valence-electron chi connectivity index (χ4n) is 2.20. The summed E-state index contributed by atoms with van der Waals surface area (Å²) in [6.45, 7) is 5.82. The van der Waals surface area contributed by atoms with Crippen molar-refractivity contribution in [2.24, 2.45) is 5.41 Å². The van der Waals surface area contributed by atoms with Crippen LogP contribution in [-0.4, -0.2) is 22.3 Å². The van der Waals surface area contributed by atoms with E-state index in [1.165, 1.54) is 0 Å². The third-order valence-corrected chi connectivity index (χ3v) is 3.96. The third-order valence-electron chi connectivity index (χ3n) is 3.62. The van der Waals surface area contributed by atoms with Gasteiger partial charge in [0.15, 0.2) is 0 Å². The van der Waals surface area contributed by atoms with Gasteiger partial charge < -0.3 is 4.90 Å². The van der Waals surface area contributed by atoms with E-state index in [-0.39, 0.29) is 11.3 Å². The Bertz CT molecular complexity index is 445. The molecule has 2 rings (SSSR count). The fraction of sp³-hybridized carbons (Fsp3) is 0.571. The standard InChI is InChI=1S/C14H19ClN2O/c1-14(2)6-5-12(18)17(9-7-14)10-11-4-3-8-16-13(11)15/h3-4,8H,5-7,9-10H2,1-2H3. The van der Waals surface area contributed by atoms with Gasteiger partial charge in [-0.2, -0.15) is 0 Å². The number of aromatic nitrogens is 1. The zero-order chi connectivity index (χ0) is 13.2. The van der Waals surface area contributed by atoms with E-state index < -0.39 is 0 Å². The molecule has 1 saturated heterocycles. The van der Waals surface area contributed by atoms with E-state index in [9.17, 15) is 4.79 Å². The summed E-state index contributed by atoms with van der Waals surface area (Å²) in [6, 6.07) is 3.78. The molecule has 0 spiro atoms. The molecule has 0 N–H and O–H groups in total. The van der Waals surface area contributed by atoms with E-state index in [2.05, 4.69) is 18.8 Å². The van der Waals surface area contributed by atoms with Crippen LogP contribution in [0.1, 0.15) is 38.7 Å². The van der Waals surface area contributed by atoms with Gasteiger partial charge in [0.2, 0.25) is 5.91 Å². The zero-order valence-electron chi connectivity index (χ0n) is 10.9. The molecule has 0 saturated carbocycles. The lowest BCUT2D eigenvalue weighted by molar-refractivity contribution is -0.131. The van der Waals surface area contributed by atoms with Crippen LogP contribution in [0.3, 0.4) is 0 Å². The molecule has 0 aromatic carbocycles. The average molecular weight is 267 g/mol. The van der Waals surface area contributed by atoms with Crippen LogP contribution in [0, 0.1) is 5.41 Å². The Balaban J connectivity index is 2.09. The highest BCUT2D eigenvalue weighted by Gasteiger charge is 2.27. The summed E-state index contributed by atoms with van der Waals surface area (Å²) in [7, 11) is 0. The van der Waals surface area contributed by atoms with Crippen LogP contribution in [0.2, 0.25) is 5.15 Å². The Labute approximate surface area is 113 Å². The summed E-state index contributed by atoms with van der Waals surface area (Å²) in [5.41, 5.74) is 1.18. The third kappa shape index (κ3) is 3.22. The van der Waals surface area contributed by atoms with Crippen molar-refractivity contribution in [3.8, 4) is 0 Å². The summed E-state index contributed by atoms with van der Waals surface area (Å²) in [4.78, 5) is 18.0. The van der Waals surface area contributed by atoms with Crippen LogP contribution >= 0.6 is 11.6 Å². The van der Waals surface area contributed by atoms with Crippen LogP contribution < -0.4 is 0 Å². The highest BCUT2D eigenvalue weighted by molar-refractivity contribution is 6.30. The number of halogens is 1. The molecule has 0 radical (unpaired) electrons. The molecule has 0 aliphatic carbocycles. The summed E-state index contributed by atoms with van der Waals surface area (Å²) in [5.74, 6) is 0.223. The molecule has 4 heteroatoms. The van der Waals surface area contributed by atoms with Crippen molar-refractivity contribution in [2.75, 3.05) is 6.54 Å². The summed E-state index contributed by atoms with van der Waals surface area (Å²) in [6.07, 6.45) is 4.30. The van der Waals surface area contributed by atoms with Gasteiger partial charge >= 0.3 is 0 Å². The molecular weight excluding hydrogens is 248 g/mol. The van der Waals surface area contributed by atoms with Gasteiger partial charge in [0, 0.05) is 31.3 Å². The van der Waals surface area contributed by atoms with Crippen LogP contribution in [0.15, 0.2) is 18.3 Å². The Morgan fingerprint density at radius 3 is 2.94 bits per heavy atom. The molecule has 98 valence electrons. The Kier molecular flexibility index (Phi) is 3.91. The fourth-order valence-corrected chi connectivity index (χ4v) is 2.38. The van der Waals surface area contributed by atoms with Crippen molar-refractivity contribution in [1.82, 2.24) is 9.88 Å². The Hall–Kier alpha value is -1.09. The minimum Gasteiger partial charge on any atom is -0.338 e. The van der Waals surface area contributed by atoms with Crippen LogP contribution in [0.5, 0.6) is 0 Å². The molecule has 1 fully saturated rings. The zero-order valence-corrected chi connectivity index (χ0v) is 11.7. The average Bonchev–Trinajstić information content (AvgIpc) is 2.45. The van der Waals surface area contributed by atoms with Gasteiger partial charge in [-0.3, -0.25) is 4.79 Å². The normalized spacial score (nSPS) is 19.7. The van der Waals surface area contributed by atoms with Gasteiger partial charge in [0.05, 0.1) is 0 Å². The quantitative estimate of drug-likeness (QED) is 0.770. The molecule has 0 unspecified atom stereocenters. The Morgan fingerprint density at radius 2 is 2.22 bits per heavy atom. The first-order valence-corrected chi connectivity index (χ1v) is 6.73. The number of pyridine rings is 1. The van der Waals surface area contributed by atoms with Crippen molar-refractivity contribution in [2.45, 2.75) is 39.7 Å². The number of carbonyl (C=O) groups excluding carboxylic acids is 1. The number of rotatable bonds is 2. The topological polar surface area (TPSA) is 33.2 Å². The van der Waals surface area contributed by atoms with Gasteiger partial charge in [0.25, 0.3) is 0 Å². The van der Waals surface area contributed by atoms with Crippen molar-refractivity contribution in [3.63, 3.8) is 0 Å². The molecule has 1 amide bonds. The number of hydrogen-bond donors (Lipinski definition) is 0. The maximum atomic E-state index is 12.1. The molecule has 1 aliphatic rings. The van der Waals surface area contributed by atoms with Gasteiger partial charge in [-0.05, 0) is 24.3 Å². The molecular formula is C14H19ClN2O. The number of nitrogens with zero attached hydrogens (tertiary/aromatic N) is 2. The molecule has 18 heavy (non-hydrogen) atoms. The largest absolute Gasteiger partial charge is 0.338 e. The highest BCUT2D eigenvalue weighted by atomic mass is 35.5. The molecule has 2 heterocycles. The number of likely N-dealkylation sites (tertiary alicyclic amines) is 1. The Morgan fingerprint density at radius 1 is 1.44 bits per heavy atom. The first-order chi connectivity index (χ1) is 8.48. The van der Waals surface area contributed by atoms with E-state index in [1.807, 2.05) is 17.0 Å². The lowest BCUT2D eigenvalue weighted by Crippen LogP contribution is -2.30. The molecule has 1 aromatic heterocycles. The second kappa shape index (κ2) is 5.27. The van der Waals surface area contributed by atoms with Crippen LogP contribution in [0.4, 0.5) is 0 Å². The second-order valence-electron chi connectivity index (χ2n) is 5.68. The van der Waals surface area contributed by atoms with Crippen molar-refractivity contribution in [1.29, 1.82) is 0 Å². The maximum absolute atomic E-state index is 12.1. The van der Waals surface area contributed by atoms with E-state index in [0.717, 1.165) is 24.9 Å². The lowest BCUT2D eigenvalue weighted by Gasteiger charge is -2.23. The number of carbonyl (C=O) groups is 1. The van der Waals surface area contributed by atoms with Crippen LogP contribution in [-0.2, 0) is 11.3 Å². The smallest absolute Gasteiger partial charge is 0.222 e. The summed E-state index contributed by atoms with van der Waals surface area (Å²) < 4.78 is 0. The first kappa shape index (κ1) is 13.3. The molecule has 1 aromatic rings. The van der Waals surface area contributed by atoms with E-state index >= 15 is 0 Å².